The van der Waals surface area contributed by atoms with Crippen molar-refractivity contribution in [3.8, 4) is 5.75 Å². The van der Waals surface area contributed by atoms with Gasteiger partial charge in [0, 0.05) is 40.6 Å². The molecule has 4 aromatic rings. The van der Waals surface area contributed by atoms with E-state index in [1.807, 2.05) is 19.1 Å². The number of amides is 2. The van der Waals surface area contributed by atoms with Gasteiger partial charge < -0.3 is 10.1 Å². The molecule has 10 heteroatoms. The first kappa shape index (κ1) is 28.1. The molecule has 0 radical (unpaired) electrons. The average molecular weight is 549 g/mol. The Morgan fingerprint density at radius 3 is 2.32 bits per heavy atom. The summed E-state index contributed by atoms with van der Waals surface area (Å²) in [4.78, 5) is 47.7. The molecule has 0 aromatic heterocycles. The maximum Gasteiger partial charge on any atom is 0.336 e. The van der Waals surface area contributed by atoms with Crippen LogP contribution in [0.1, 0.15) is 37.4 Å². The lowest BCUT2D eigenvalue weighted by Crippen LogP contribution is -2.18. The zero-order chi connectivity index (χ0) is 29.2. The van der Waals surface area contributed by atoms with Crippen LogP contribution in [0.2, 0.25) is 0 Å². The lowest BCUT2D eigenvalue weighted by atomic mass is 10.1. The minimum Gasteiger partial charge on any atom is -0.423 e. The van der Waals surface area contributed by atoms with Crippen LogP contribution in [-0.2, 0) is 4.79 Å². The van der Waals surface area contributed by atoms with Crippen LogP contribution in [0.15, 0.2) is 108 Å². The van der Waals surface area contributed by atoms with Crippen LogP contribution in [0.3, 0.4) is 0 Å². The molecule has 204 valence electrons. The van der Waals surface area contributed by atoms with Crippen LogP contribution in [0.25, 0.3) is 6.08 Å². The number of benzene rings is 4. The Kier molecular flexibility index (Phi) is 9.09. The Morgan fingerprint density at radius 2 is 1.59 bits per heavy atom. The van der Waals surface area contributed by atoms with Gasteiger partial charge in [-0.3, -0.25) is 19.7 Å². The minimum atomic E-state index is -0.669. The summed E-state index contributed by atoms with van der Waals surface area (Å²) in [5.41, 5.74) is 5.65. The maximum atomic E-state index is 12.7. The van der Waals surface area contributed by atoms with E-state index < -0.39 is 16.8 Å². The monoisotopic (exact) mass is 548 g/mol. The molecule has 4 rings (SSSR count). The smallest absolute Gasteiger partial charge is 0.336 e. The number of non-ortho nitro benzene ring substituents is 1. The number of nitro groups is 1. The molecule has 0 fully saturated rings. The van der Waals surface area contributed by atoms with E-state index in [0.717, 1.165) is 5.56 Å². The molecule has 0 atom stereocenters. The van der Waals surface area contributed by atoms with Gasteiger partial charge in [0.25, 0.3) is 17.5 Å². The van der Waals surface area contributed by atoms with E-state index in [-0.39, 0.29) is 22.9 Å². The molecule has 0 heterocycles. The van der Waals surface area contributed by atoms with E-state index in [1.165, 1.54) is 48.7 Å². The third-order valence-electron chi connectivity index (χ3n) is 5.71. The summed E-state index contributed by atoms with van der Waals surface area (Å²) in [5.74, 6) is -1.26. The number of anilines is 1. The van der Waals surface area contributed by atoms with Crippen LogP contribution >= 0.6 is 0 Å². The number of hydrogen-bond acceptors (Lipinski definition) is 7. The van der Waals surface area contributed by atoms with Crippen LogP contribution in [0, 0.1) is 17.0 Å². The molecule has 0 aliphatic heterocycles. The number of esters is 1. The number of carbonyl (C=O) groups is 3. The van der Waals surface area contributed by atoms with Gasteiger partial charge in [0.1, 0.15) is 5.75 Å². The summed E-state index contributed by atoms with van der Waals surface area (Å²) in [7, 11) is 0. The van der Waals surface area contributed by atoms with Crippen LogP contribution in [-0.4, -0.2) is 28.9 Å². The zero-order valence-corrected chi connectivity index (χ0v) is 21.8. The summed E-state index contributed by atoms with van der Waals surface area (Å²) < 4.78 is 5.39. The molecule has 0 saturated heterocycles. The highest BCUT2D eigenvalue weighted by Crippen LogP contribution is 2.18. The fourth-order valence-corrected chi connectivity index (χ4v) is 3.57. The highest BCUT2D eigenvalue weighted by atomic mass is 16.6. The van der Waals surface area contributed by atoms with Gasteiger partial charge in [-0.1, -0.05) is 35.9 Å². The molecule has 0 aliphatic carbocycles. The lowest BCUT2D eigenvalue weighted by molar-refractivity contribution is -0.384. The van der Waals surface area contributed by atoms with Gasteiger partial charge in [0.2, 0.25) is 0 Å². The summed E-state index contributed by atoms with van der Waals surface area (Å²) in [6.07, 6.45) is 4.01. The molecule has 0 bridgehead atoms. The van der Waals surface area contributed by atoms with Crippen molar-refractivity contribution < 1.29 is 24.0 Å². The van der Waals surface area contributed by atoms with Crippen LogP contribution in [0.4, 0.5) is 11.4 Å². The number of nitrogens with one attached hydrogen (secondary N) is 2. The molecule has 2 N–H and O–H groups in total. The molecule has 0 spiro atoms. The van der Waals surface area contributed by atoms with Crippen molar-refractivity contribution in [3.63, 3.8) is 0 Å². The SMILES string of the molecule is Cc1ccc(C(=O)Nc2cccc(C(=O)NN=Cc3ccccc3OC(=O)/C=C/c3ccc([N+](=O)[O-])cc3)c2)cc1. The fraction of sp³-hybridized carbons (Fsp3) is 0.0323. The standard InChI is InChI=1S/C31H24N4O6/c1-21-9-14-23(15-10-21)30(37)33-26-7-4-6-24(19-26)31(38)34-32-20-25-5-2-3-8-28(25)41-29(36)18-13-22-11-16-27(17-12-22)35(39)40/h2-20H,1H3,(H,33,37)(H,34,38)/b18-13+,32-20?. The molecule has 0 saturated carbocycles. The number of ether oxygens (including phenoxy) is 1. The number of aryl methyl sites for hydroxylation is 1. The highest BCUT2D eigenvalue weighted by molar-refractivity contribution is 6.05. The first-order chi connectivity index (χ1) is 19.8. The largest absolute Gasteiger partial charge is 0.423 e. The summed E-state index contributed by atoms with van der Waals surface area (Å²) in [5, 5.41) is 17.5. The van der Waals surface area contributed by atoms with E-state index in [4.69, 9.17) is 4.74 Å². The normalized spacial score (nSPS) is 10.9. The number of carbonyl (C=O) groups excluding carboxylic acids is 3. The number of hydrogen-bond donors (Lipinski definition) is 2. The fourth-order valence-electron chi connectivity index (χ4n) is 3.57. The van der Waals surface area contributed by atoms with Gasteiger partial charge in [-0.25, -0.2) is 10.2 Å². The van der Waals surface area contributed by atoms with Gasteiger partial charge in [-0.15, -0.1) is 0 Å². The Labute approximate surface area is 235 Å². The summed E-state index contributed by atoms with van der Waals surface area (Å²) in [6.45, 7) is 1.93. The predicted octanol–water partition coefficient (Wildman–Crippen LogP) is 5.54. The van der Waals surface area contributed by atoms with E-state index in [9.17, 15) is 24.5 Å². The zero-order valence-electron chi connectivity index (χ0n) is 21.8. The quantitative estimate of drug-likeness (QED) is 0.0703. The van der Waals surface area contributed by atoms with E-state index in [0.29, 0.717) is 22.4 Å². The van der Waals surface area contributed by atoms with Gasteiger partial charge in [-0.05, 0) is 73.2 Å². The summed E-state index contributed by atoms with van der Waals surface area (Å²) in [6, 6.07) is 25.9. The van der Waals surface area contributed by atoms with Crippen molar-refractivity contribution in [2.75, 3.05) is 5.32 Å². The lowest BCUT2D eigenvalue weighted by Gasteiger charge is -2.08. The molecule has 4 aromatic carbocycles. The second kappa shape index (κ2) is 13.3. The van der Waals surface area contributed by atoms with Gasteiger partial charge in [0.15, 0.2) is 0 Å². The second-order valence-corrected chi connectivity index (χ2v) is 8.74. The second-order valence-electron chi connectivity index (χ2n) is 8.74. The highest BCUT2D eigenvalue weighted by Gasteiger charge is 2.10. The van der Waals surface area contributed by atoms with Crippen LogP contribution < -0.4 is 15.5 Å². The number of nitro benzene ring substituents is 1. The van der Waals surface area contributed by atoms with Crippen molar-refractivity contribution in [1.29, 1.82) is 0 Å². The Hall–Kier alpha value is -5.90. The third kappa shape index (κ3) is 8.04. The first-order valence-corrected chi connectivity index (χ1v) is 12.3. The van der Waals surface area contributed by atoms with Crippen molar-refractivity contribution >= 4 is 41.4 Å². The topological polar surface area (TPSA) is 140 Å². The van der Waals surface area contributed by atoms with Crippen molar-refractivity contribution in [1.82, 2.24) is 5.43 Å². The molecule has 2 amide bonds. The minimum absolute atomic E-state index is 0.0531. The van der Waals surface area contributed by atoms with E-state index in [1.54, 1.807) is 54.6 Å². The molecule has 0 aliphatic rings. The van der Waals surface area contributed by atoms with Gasteiger partial charge in [-0.2, -0.15) is 5.10 Å². The number of para-hydroxylation sites is 1. The van der Waals surface area contributed by atoms with Crippen LogP contribution in [0.5, 0.6) is 5.75 Å². The summed E-state index contributed by atoms with van der Waals surface area (Å²) >= 11 is 0. The Bertz CT molecular complexity index is 1640. The number of hydrazone groups is 1. The van der Waals surface area contributed by atoms with Crippen molar-refractivity contribution in [2.45, 2.75) is 6.92 Å². The number of rotatable bonds is 9. The maximum absolute atomic E-state index is 12.7. The molecule has 10 nitrogen and oxygen atoms in total. The van der Waals surface area contributed by atoms with E-state index >= 15 is 0 Å². The first-order valence-electron chi connectivity index (χ1n) is 12.3. The molecule has 0 unspecified atom stereocenters. The van der Waals surface area contributed by atoms with Crippen molar-refractivity contribution in [2.24, 2.45) is 5.10 Å². The number of nitrogens with zero attached hydrogens (tertiary/aromatic N) is 2. The average Bonchev–Trinajstić information content (AvgIpc) is 2.97. The molecule has 41 heavy (non-hydrogen) atoms. The van der Waals surface area contributed by atoms with E-state index in [2.05, 4.69) is 15.8 Å². The third-order valence-corrected chi connectivity index (χ3v) is 5.71. The Morgan fingerprint density at radius 1 is 0.854 bits per heavy atom. The van der Waals surface area contributed by atoms with Gasteiger partial charge >= 0.3 is 5.97 Å². The molecular weight excluding hydrogens is 524 g/mol. The van der Waals surface area contributed by atoms with Gasteiger partial charge in [0.05, 0.1) is 11.1 Å². The van der Waals surface area contributed by atoms with Crippen molar-refractivity contribution in [3.05, 3.63) is 141 Å². The predicted molar refractivity (Wildman–Crippen MR) is 155 cm³/mol. The molecular formula is C31H24N4O6. The Balaban J connectivity index is 1.35.